The summed E-state index contributed by atoms with van der Waals surface area (Å²) in [6.45, 7) is 0.394. The molecule has 4 aromatic heterocycles. The summed E-state index contributed by atoms with van der Waals surface area (Å²) < 4.78 is 28.4. The van der Waals surface area contributed by atoms with Crippen molar-refractivity contribution in [3.8, 4) is 28.7 Å². The molecule has 0 amide bonds. The molecule has 33 heavy (non-hydrogen) atoms. The van der Waals surface area contributed by atoms with E-state index in [-0.39, 0.29) is 19.5 Å². The average molecular weight is 464 g/mol. The van der Waals surface area contributed by atoms with Crippen molar-refractivity contribution < 1.29 is 8.42 Å². The van der Waals surface area contributed by atoms with Gasteiger partial charge in [0, 0.05) is 37.9 Å². The van der Waals surface area contributed by atoms with Crippen LogP contribution in [0.5, 0.6) is 0 Å². The van der Waals surface area contributed by atoms with Crippen LogP contribution in [-0.2, 0) is 22.6 Å². The summed E-state index contributed by atoms with van der Waals surface area (Å²) >= 11 is 0. The highest BCUT2D eigenvalue weighted by molar-refractivity contribution is 7.88. The van der Waals surface area contributed by atoms with Crippen molar-refractivity contribution in [3.63, 3.8) is 0 Å². The van der Waals surface area contributed by atoms with Gasteiger partial charge in [0.25, 0.3) is 0 Å². The van der Waals surface area contributed by atoms with Crippen LogP contribution in [0.4, 0.5) is 5.82 Å². The molecule has 0 unspecified atom stereocenters. The molecule has 0 saturated carbocycles. The van der Waals surface area contributed by atoms with Gasteiger partial charge in [0.2, 0.25) is 10.0 Å². The quantitative estimate of drug-likeness (QED) is 0.466. The minimum Gasteiger partial charge on any atom is -0.383 e. The fourth-order valence-corrected chi connectivity index (χ4v) is 5.05. The lowest BCUT2D eigenvalue weighted by Crippen LogP contribution is -2.63. The number of hydrogen-bond donors (Lipinski definition) is 1. The number of nitrogens with two attached hydrogens (primary N) is 1. The number of nitrogen functional groups attached to an aromatic ring is 1. The van der Waals surface area contributed by atoms with E-state index in [0.717, 1.165) is 17.2 Å². The van der Waals surface area contributed by atoms with Gasteiger partial charge in [-0.15, -0.1) is 0 Å². The van der Waals surface area contributed by atoms with Crippen LogP contribution in [0, 0.1) is 11.3 Å². The predicted molar refractivity (Wildman–Crippen MR) is 122 cm³/mol. The number of anilines is 1. The lowest BCUT2D eigenvalue weighted by atomic mass is 9.89. The zero-order chi connectivity index (χ0) is 23.4. The third-order valence-electron chi connectivity index (χ3n) is 6.00. The Bertz CT molecular complexity index is 1520. The Kier molecular flexibility index (Phi) is 4.70. The number of pyridine rings is 2. The molecule has 5 rings (SSSR count). The van der Waals surface area contributed by atoms with E-state index in [0.29, 0.717) is 28.5 Å². The van der Waals surface area contributed by atoms with E-state index < -0.39 is 15.6 Å². The van der Waals surface area contributed by atoms with E-state index in [9.17, 15) is 13.7 Å². The first-order valence-electron chi connectivity index (χ1n) is 10.1. The van der Waals surface area contributed by atoms with Crippen molar-refractivity contribution in [2.45, 2.75) is 12.0 Å². The number of nitrogens with zero attached hydrogens (tertiary/aromatic N) is 8. The normalized spacial score (nSPS) is 15.9. The molecule has 1 saturated heterocycles. The smallest absolute Gasteiger partial charge is 0.211 e. The largest absolute Gasteiger partial charge is 0.383 e. The highest BCUT2D eigenvalue weighted by Crippen LogP contribution is 2.36. The maximum absolute atomic E-state index is 11.9. The van der Waals surface area contributed by atoms with E-state index in [4.69, 9.17) is 15.8 Å². The SMILES string of the molecule is Cn1ncc(-c2cc3ncccc3c(-c3ccn(C4(CC#N)CN(S(C)(=O)=O)C4)n3)n2)c1N. The van der Waals surface area contributed by atoms with Crippen molar-refractivity contribution >= 4 is 26.7 Å². The second-order valence-electron chi connectivity index (χ2n) is 8.23. The lowest BCUT2D eigenvalue weighted by molar-refractivity contribution is 0.0726. The number of aryl methyl sites for hydroxylation is 1. The van der Waals surface area contributed by atoms with E-state index in [1.54, 1.807) is 35.0 Å². The molecule has 5 heterocycles. The summed E-state index contributed by atoms with van der Waals surface area (Å²) in [5.41, 5.74) is 8.70. The first kappa shape index (κ1) is 21.0. The molecule has 0 bridgehead atoms. The molecule has 0 atom stereocenters. The monoisotopic (exact) mass is 463 g/mol. The summed E-state index contributed by atoms with van der Waals surface area (Å²) in [6, 6.07) is 9.58. The Morgan fingerprint density at radius 1 is 1.27 bits per heavy atom. The van der Waals surface area contributed by atoms with Crippen LogP contribution >= 0.6 is 0 Å². The number of rotatable bonds is 5. The molecular weight excluding hydrogens is 442 g/mol. The van der Waals surface area contributed by atoms with Gasteiger partial charge >= 0.3 is 0 Å². The molecule has 2 N–H and O–H groups in total. The first-order chi connectivity index (χ1) is 15.7. The predicted octanol–water partition coefficient (Wildman–Crippen LogP) is 1.36. The van der Waals surface area contributed by atoms with E-state index in [1.165, 1.54) is 4.31 Å². The number of hydrogen-bond acceptors (Lipinski definition) is 8. The minimum atomic E-state index is -3.33. The molecule has 12 heteroatoms. The maximum Gasteiger partial charge on any atom is 0.211 e. The Labute approximate surface area is 190 Å². The fraction of sp³-hybridized carbons (Fsp3) is 0.286. The fourth-order valence-electron chi connectivity index (χ4n) is 4.10. The molecule has 1 fully saturated rings. The second kappa shape index (κ2) is 7.36. The van der Waals surface area contributed by atoms with Crippen molar-refractivity contribution in [2.75, 3.05) is 25.1 Å². The summed E-state index contributed by atoms with van der Waals surface area (Å²) in [5.74, 6) is 0.484. The van der Waals surface area contributed by atoms with Crippen LogP contribution < -0.4 is 5.73 Å². The topological polar surface area (TPSA) is 149 Å². The third kappa shape index (κ3) is 3.42. The standard InChI is InChI=1S/C21H21N9O2S/c1-28-20(23)15(11-25-28)18-10-17-14(4-3-8-24-17)19(26-18)16-5-9-30(27-16)21(6-7-22)12-29(13-21)33(2,31)32/h3-5,8-11H,6,12-13,23H2,1-2H3. The number of aromatic nitrogens is 6. The number of fused-ring (bicyclic) bond motifs is 1. The highest BCUT2D eigenvalue weighted by atomic mass is 32.2. The lowest BCUT2D eigenvalue weighted by Gasteiger charge is -2.47. The summed E-state index contributed by atoms with van der Waals surface area (Å²) in [4.78, 5) is 9.31. The Morgan fingerprint density at radius 2 is 2.06 bits per heavy atom. The van der Waals surface area contributed by atoms with Gasteiger partial charge in [-0.1, -0.05) is 0 Å². The average Bonchev–Trinajstić information content (AvgIpc) is 3.36. The number of nitriles is 1. The van der Waals surface area contributed by atoms with Gasteiger partial charge in [-0.05, 0) is 24.3 Å². The van der Waals surface area contributed by atoms with Gasteiger partial charge in [0.1, 0.15) is 22.7 Å². The van der Waals surface area contributed by atoms with Gasteiger partial charge in [-0.2, -0.15) is 19.8 Å². The van der Waals surface area contributed by atoms with Gasteiger partial charge in [0.05, 0.1) is 41.7 Å². The van der Waals surface area contributed by atoms with Crippen LogP contribution in [0.3, 0.4) is 0 Å². The van der Waals surface area contributed by atoms with E-state index >= 15 is 0 Å². The molecule has 1 aliphatic heterocycles. The molecule has 11 nitrogen and oxygen atoms in total. The minimum absolute atomic E-state index is 0.141. The highest BCUT2D eigenvalue weighted by Gasteiger charge is 2.49. The van der Waals surface area contributed by atoms with Crippen molar-refractivity contribution in [3.05, 3.63) is 42.9 Å². The zero-order valence-electron chi connectivity index (χ0n) is 18.0. The van der Waals surface area contributed by atoms with E-state index in [2.05, 4.69) is 16.2 Å². The van der Waals surface area contributed by atoms with Crippen molar-refractivity contribution in [2.24, 2.45) is 7.05 Å². The molecule has 0 aliphatic carbocycles. The van der Waals surface area contributed by atoms with Crippen LogP contribution in [-0.4, -0.2) is 61.6 Å². The summed E-state index contributed by atoms with van der Waals surface area (Å²) in [7, 11) is -1.58. The van der Waals surface area contributed by atoms with Gasteiger partial charge in [0.15, 0.2) is 0 Å². The van der Waals surface area contributed by atoms with Crippen molar-refractivity contribution in [1.82, 2.24) is 33.8 Å². The molecule has 168 valence electrons. The van der Waals surface area contributed by atoms with Gasteiger partial charge < -0.3 is 5.73 Å². The molecule has 0 spiro atoms. The Morgan fingerprint density at radius 3 is 2.73 bits per heavy atom. The molecule has 1 aliphatic rings. The van der Waals surface area contributed by atoms with Crippen molar-refractivity contribution in [1.29, 1.82) is 5.26 Å². The van der Waals surface area contributed by atoms with Crippen LogP contribution in [0.2, 0.25) is 0 Å². The van der Waals surface area contributed by atoms with Crippen LogP contribution in [0.25, 0.3) is 33.5 Å². The molecule has 0 radical (unpaired) electrons. The van der Waals surface area contributed by atoms with Gasteiger partial charge in [-0.25, -0.2) is 13.4 Å². The molecule has 0 aromatic carbocycles. The summed E-state index contributed by atoms with van der Waals surface area (Å²) in [6.07, 6.45) is 6.43. The first-order valence-corrected chi connectivity index (χ1v) is 12.0. The summed E-state index contributed by atoms with van der Waals surface area (Å²) in [5, 5.41) is 19.1. The van der Waals surface area contributed by atoms with Gasteiger partial charge in [-0.3, -0.25) is 14.3 Å². The Balaban J connectivity index is 1.61. The second-order valence-corrected chi connectivity index (χ2v) is 10.2. The zero-order valence-corrected chi connectivity index (χ0v) is 18.9. The third-order valence-corrected chi connectivity index (χ3v) is 7.19. The van der Waals surface area contributed by atoms with Crippen LogP contribution in [0.1, 0.15) is 6.42 Å². The molecular formula is C21H21N9O2S. The van der Waals surface area contributed by atoms with Crippen LogP contribution in [0.15, 0.2) is 42.9 Å². The Hall–Kier alpha value is -3.82. The maximum atomic E-state index is 11.9. The van der Waals surface area contributed by atoms with E-state index in [1.807, 2.05) is 24.3 Å². The molecule has 4 aromatic rings. The number of sulfonamides is 1.